The van der Waals surface area contributed by atoms with E-state index in [4.69, 9.17) is 9.84 Å². The first kappa shape index (κ1) is 12.6. The third kappa shape index (κ3) is 2.48. The maximum Gasteiger partial charge on any atom is 0.335 e. The zero-order valence-corrected chi connectivity index (χ0v) is 11.3. The van der Waals surface area contributed by atoms with Gasteiger partial charge in [0.2, 0.25) is 5.88 Å². The molecule has 0 saturated heterocycles. The molecule has 0 fully saturated rings. The molecule has 3 aromatic rings. The van der Waals surface area contributed by atoms with Crippen molar-refractivity contribution in [2.24, 2.45) is 0 Å². The van der Waals surface area contributed by atoms with E-state index in [1.807, 2.05) is 24.3 Å². The molecule has 1 N–H and O–H groups in total. The fourth-order valence-corrected chi connectivity index (χ4v) is 2.59. The van der Waals surface area contributed by atoms with Gasteiger partial charge in [0.05, 0.1) is 15.6 Å². The average Bonchev–Trinajstić information content (AvgIpc) is 2.89. The lowest BCUT2D eigenvalue weighted by Crippen LogP contribution is -1.99. The molecule has 3 rings (SSSR count). The number of carbonyl (C=O) groups is 1. The molecule has 0 saturated carbocycles. The monoisotopic (exact) mass is 285 g/mol. The largest absolute Gasteiger partial charge is 0.478 e. The summed E-state index contributed by atoms with van der Waals surface area (Å²) in [7, 11) is 0. The molecule has 20 heavy (non-hydrogen) atoms. The number of benzene rings is 2. The minimum Gasteiger partial charge on any atom is -0.478 e. The van der Waals surface area contributed by atoms with E-state index in [0.29, 0.717) is 12.5 Å². The molecule has 1 aromatic heterocycles. The highest BCUT2D eigenvalue weighted by molar-refractivity contribution is 7.13. The van der Waals surface area contributed by atoms with Crippen molar-refractivity contribution in [2.45, 2.75) is 6.61 Å². The van der Waals surface area contributed by atoms with Crippen LogP contribution in [0.2, 0.25) is 0 Å². The molecule has 4 nitrogen and oxygen atoms in total. The third-order valence-corrected chi connectivity index (χ3v) is 3.73. The molecule has 0 aliphatic carbocycles. The number of fused-ring (bicyclic) bond motifs is 1. The van der Waals surface area contributed by atoms with Crippen molar-refractivity contribution in [1.82, 2.24) is 4.37 Å². The molecule has 0 unspecified atom stereocenters. The van der Waals surface area contributed by atoms with Crippen LogP contribution in [0.1, 0.15) is 15.9 Å². The van der Waals surface area contributed by atoms with Crippen LogP contribution >= 0.6 is 11.5 Å². The molecule has 0 amide bonds. The van der Waals surface area contributed by atoms with Gasteiger partial charge in [-0.3, -0.25) is 0 Å². The average molecular weight is 285 g/mol. The van der Waals surface area contributed by atoms with Crippen LogP contribution in [-0.4, -0.2) is 15.4 Å². The van der Waals surface area contributed by atoms with Crippen molar-refractivity contribution in [3.63, 3.8) is 0 Å². The van der Waals surface area contributed by atoms with Gasteiger partial charge >= 0.3 is 5.97 Å². The Morgan fingerprint density at radius 2 is 1.90 bits per heavy atom. The second-order valence-electron chi connectivity index (χ2n) is 4.27. The van der Waals surface area contributed by atoms with Gasteiger partial charge in [-0.2, -0.15) is 4.37 Å². The molecular weight excluding hydrogens is 274 g/mol. The van der Waals surface area contributed by atoms with Gasteiger partial charge in [-0.1, -0.05) is 24.3 Å². The Kier molecular flexibility index (Phi) is 3.35. The van der Waals surface area contributed by atoms with Crippen LogP contribution in [0.4, 0.5) is 0 Å². The topological polar surface area (TPSA) is 59.4 Å². The van der Waals surface area contributed by atoms with Crippen molar-refractivity contribution in [3.05, 3.63) is 59.7 Å². The number of aromatic nitrogens is 1. The lowest BCUT2D eigenvalue weighted by molar-refractivity contribution is 0.0697. The lowest BCUT2D eigenvalue weighted by Gasteiger charge is -2.04. The van der Waals surface area contributed by atoms with Gasteiger partial charge in [0.25, 0.3) is 0 Å². The van der Waals surface area contributed by atoms with Crippen LogP contribution in [0, 0.1) is 0 Å². The molecule has 0 aliphatic rings. The number of hydrogen-bond acceptors (Lipinski definition) is 4. The molecule has 0 spiro atoms. The summed E-state index contributed by atoms with van der Waals surface area (Å²) in [5.41, 5.74) is 1.18. The summed E-state index contributed by atoms with van der Waals surface area (Å²) >= 11 is 1.40. The van der Waals surface area contributed by atoms with Crippen LogP contribution in [0.3, 0.4) is 0 Å². The first-order chi connectivity index (χ1) is 9.74. The first-order valence-corrected chi connectivity index (χ1v) is 6.81. The standard InChI is InChI=1S/C15H11NO3S/c17-15(18)11-7-5-10(6-8-11)9-19-14-12-3-1-2-4-13(12)20-16-14/h1-8H,9H2,(H,17,18). The Balaban J connectivity index is 1.74. The lowest BCUT2D eigenvalue weighted by atomic mass is 10.1. The normalized spacial score (nSPS) is 10.6. The summed E-state index contributed by atoms with van der Waals surface area (Å²) in [6.45, 7) is 0.369. The zero-order valence-electron chi connectivity index (χ0n) is 10.4. The number of rotatable bonds is 4. The van der Waals surface area contributed by atoms with E-state index in [0.717, 1.165) is 15.6 Å². The van der Waals surface area contributed by atoms with Crippen molar-refractivity contribution in [3.8, 4) is 5.88 Å². The van der Waals surface area contributed by atoms with Crippen molar-refractivity contribution >= 4 is 27.6 Å². The van der Waals surface area contributed by atoms with Gasteiger partial charge in [-0.15, -0.1) is 0 Å². The van der Waals surface area contributed by atoms with Gasteiger partial charge in [-0.25, -0.2) is 4.79 Å². The van der Waals surface area contributed by atoms with Gasteiger partial charge in [-0.05, 0) is 41.4 Å². The maximum atomic E-state index is 10.8. The second-order valence-corrected chi connectivity index (χ2v) is 5.08. The van der Waals surface area contributed by atoms with Gasteiger partial charge < -0.3 is 9.84 Å². The number of carboxylic acids is 1. The van der Waals surface area contributed by atoms with Crippen molar-refractivity contribution in [2.75, 3.05) is 0 Å². The summed E-state index contributed by atoms with van der Waals surface area (Å²) in [6, 6.07) is 14.5. The number of nitrogens with zero attached hydrogens (tertiary/aromatic N) is 1. The summed E-state index contributed by atoms with van der Waals surface area (Å²) in [4.78, 5) is 10.8. The zero-order chi connectivity index (χ0) is 13.9. The predicted octanol–water partition coefficient (Wildman–Crippen LogP) is 3.57. The Morgan fingerprint density at radius 1 is 1.15 bits per heavy atom. The van der Waals surface area contributed by atoms with Crippen molar-refractivity contribution in [1.29, 1.82) is 0 Å². The highest BCUT2D eigenvalue weighted by atomic mass is 32.1. The molecule has 0 atom stereocenters. The Labute approximate surface area is 119 Å². The third-order valence-electron chi connectivity index (χ3n) is 2.92. The Bertz CT molecular complexity index is 749. The number of carboxylic acid groups (broad SMARTS) is 1. The minimum atomic E-state index is -0.928. The van der Waals surface area contributed by atoms with E-state index in [9.17, 15) is 4.79 Å². The van der Waals surface area contributed by atoms with Crippen LogP contribution in [-0.2, 0) is 6.61 Å². The number of ether oxygens (including phenoxy) is 1. The van der Waals surface area contributed by atoms with E-state index < -0.39 is 5.97 Å². The Morgan fingerprint density at radius 3 is 2.65 bits per heavy atom. The predicted molar refractivity (Wildman–Crippen MR) is 77.4 cm³/mol. The van der Waals surface area contributed by atoms with Crippen LogP contribution in [0.15, 0.2) is 48.5 Å². The van der Waals surface area contributed by atoms with Gasteiger partial charge in [0.1, 0.15) is 6.61 Å². The number of hydrogen-bond donors (Lipinski definition) is 1. The van der Waals surface area contributed by atoms with Crippen LogP contribution in [0.25, 0.3) is 10.1 Å². The van der Waals surface area contributed by atoms with E-state index in [2.05, 4.69) is 4.37 Å². The summed E-state index contributed by atoms with van der Waals surface area (Å²) in [6.07, 6.45) is 0. The fourth-order valence-electron chi connectivity index (χ4n) is 1.86. The molecule has 2 aromatic carbocycles. The molecule has 0 aliphatic heterocycles. The molecule has 0 bridgehead atoms. The van der Waals surface area contributed by atoms with E-state index in [1.54, 1.807) is 24.3 Å². The van der Waals surface area contributed by atoms with Gasteiger partial charge in [0, 0.05) is 0 Å². The highest BCUT2D eigenvalue weighted by Gasteiger charge is 2.07. The van der Waals surface area contributed by atoms with Crippen molar-refractivity contribution < 1.29 is 14.6 Å². The van der Waals surface area contributed by atoms with E-state index >= 15 is 0 Å². The molecule has 0 radical (unpaired) electrons. The Hall–Kier alpha value is -2.40. The van der Waals surface area contributed by atoms with E-state index in [1.165, 1.54) is 11.5 Å². The highest BCUT2D eigenvalue weighted by Crippen LogP contribution is 2.28. The van der Waals surface area contributed by atoms with Crippen LogP contribution in [0.5, 0.6) is 5.88 Å². The molecule has 1 heterocycles. The summed E-state index contributed by atoms with van der Waals surface area (Å²) in [5, 5.41) is 9.83. The molecule has 5 heteroatoms. The first-order valence-electron chi connectivity index (χ1n) is 6.03. The van der Waals surface area contributed by atoms with Crippen LogP contribution < -0.4 is 4.74 Å². The molecule has 100 valence electrons. The SMILES string of the molecule is O=C(O)c1ccc(COc2nsc3ccccc23)cc1. The smallest absolute Gasteiger partial charge is 0.335 e. The van der Waals surface area contributed by atoms with E-state index in [-0.39, 0.29) is 5.56 Å². The molecular formula is C15H11NO3S. The summed E-state index contributed by atoms with van der Waals surface area (Å²) < 4.78 is 11.1. The number of aromatic carboxylic acids is 1. The maximum absolute atomic E-state index is 10.8. The summed E-state index contributed by atoms with van der Waals surface area (Å²) in [5.74, 6) is -0.309. The second kappa shape index (κ2) is 5.30. The van der Waals surface area contributed by atoms with Gasteiger partial charge in [0.15, 0.2) is 0 Å². The minimum absolute atomic E-state index is 0.271. The quantitative estimate of drug-likeness (QED) is 0.796. The fraction of sp³-hybridized carbons (Fsp3) is 0.0667.